The molecule has 3 nitrogen and oxygen atoms in total. The third-order valence-corrected chi connectivity index (χ3v) is 2.11. The first-order valence-electron chi connectivity index (χ1n) is 3.23. The molecule has 0 aliphatic carbocycles. The normalized spacial score (nSPS) is 33.8. The molecule has 1 fully saturated rings. The van der Waals surface area contributed by atoms with Gasteiger partial charge in [-0.1, -0.05) is 6.92 Å². The molecule has 1 saturated heterocycles. The number of nitrogens with two attached hydrogens (primary N) is 1. The molecule has 2 unspecified atom stereocenters. The van der Waals surface area contributed by atoms with E-state index in [9.17, 15) is 0 Å². The van der Waals surface area contributed by atoms with Gasteiger partial charge in [0.1, 0.15) is 0 Å². The number of nitrogens with zero attached hydrogens (tertiary/aromatic N) is 1. The molecular weight excluding hydrogens is 114 g/mol. The van der Waals surface area contributed by atoms with Crippen molar-refractivity contribution in [1.29, 1.82) is 5.41 Å². The molecule has 1 aliphatic rings. The van der Waals surface area contributed by atoms with E-state index in [2.05, 4.69) is 13.8 Å². The molecule has 0 amide bonds. The predicted octanol–water partition coefficient (Wildman–Crippen LogP) is 0.220. The van der Waals surface area contributed by atoms with Crippen LogP contribution < -0.4 is 5.73 Å². The molecule has 9 heavy (non-hydrogen) atoms. The summed E-state index contributed by atoms with van der Waals surface area (Å²) < 4.78 is 0. The van der Waals surface area contributed by atoms with Gasteiger partial charge in [-0.05, 0) is 12.8 Å². The molecule has 2 atom stereocenters. The molecule has 0 aromatic rings. The fourth-order valence-electron chi connectivity index (χ4n) is 1.12. The molecule has 1 heterocycles. The predicted molar refractivity (Wildman–Crippen MR) is 37.2 cm³/mol. The van der Waals surface area contributed by atoms with Crippen molar-refractivity contribution in [3.05, 3.63) is 0 Å². The second kappa shape index (κ2) is 1.90. The lowest BCUT2D eigenvalue weighted by molar-refractivity contribution is 0.114. The van der Waals surface area contributed by atoms with Gasteiger partial charge in [0.05, 0.1) is 0 Å². The summed E-state index contributed by atoms with van der Waals surface area (Å²) in [7, 11) is 0. The van der Waals surface area contributed by atoms with E-state index in [0.29, 0.717) is 12.0 Å². The second-order valence-electron chi connectivity index (χ2n) is 2.76. The molecule has 1 aliphatic heterocycles. The summed E-state index contributed by atoms with van der Waals surface area (Å²) in [5.74, 6) is 0.912. The van der Waals surface area contributed by atoms with Crippen LogP contribution in [0.5, 0.6) is 0 Å². The van der Waals surface area contributed by atoms with E-state index >= 15 is 0 Å². The van der Waals surface area contributed by atoms with Crippen molar-refractivity contribution < 1.29 is 0 Å². The Hall–Kier alpha value is -0.730. The van der Waals surface area contributed by atoms with Crippen LogP contribution in [0.2, 0.25) is 0 Å². The maximum Gasteiger partial charge on any atom is 0.188 e. The highest BCUT2D eigenvalue weighted by Gasteiger charge is 2.32. The maximum absolute atomic E-state index is 7.08. The van der Waals surface area contributed by atoms with Crippen LogP contribution in [-0.2, 0) is 0 Å². The van der Waals surface area contributed by atoms with Crippen LogP contribution in [0.25, 0.3) is 0 Å². The maximum atomic E-state index is 7.08. The summed E-state index contributed by atoms with van der Waals surface area (Å²) in [5, 5.41) is 7.08. The smallest absolute Gasteiger partial charge is 0.188 e. The standard InChI is InChI=1S/C6H13N3/c1-4-3-9(5(4)2)6(7)8/h4-5H,3H2,1-2H3,(H3,7,8). The lowest BCUT2D eigenvalue weighted by Crippen LogP contribution is -2.58. The van der Waals surface area contributed by atoms with Crippen molar-refractivity contribution >= 4 is 5.96 Å². The van der Waals surface area contributed by atoms with Gasteiger partial charge < -0.3 is 10.6 Å². The van der Waals surface area contributed by atoms with Gasteiger partial charge in [0.2, 0.25) is 0 Å². The highest BCUT2D eigenvalue weighted by atomic mass is 15.3. The van der Waals surface area contributed by atoms with Crippen molar-refractivity contribution in [2.75, 3.05) is 6.54 Å². The van der Waals surface area contributed by atoms with Crippen LogP contribution >= 0.6 is 0 Å². The number of rotatable bonds is 0. The number of hydrogen-bond acceptors (Lipinski definition) is 1. The van der Waals surface area contributed by atoms with E-state index in [1.807, 2.05) is 4.90 Å². The van der Waals surface area contributed by atoms with Crippen LogP contribution in [0.4, 0.5) is 0 Å². The van der Waals surface area contributed by atoms with Crippen molar-refractivity contribution in [1.82, 2.24) is 4.90 Å². The zero-order valence-corrected chi connectivity index (χ0v) is 5.89. The van der Waals surface area contributed by atoms with Crippen LogP contribution in [0.3, 0.4) is 0 Å². The Morgan fingerprint density at radius 1 is 1.67 bits per heavy atom. The minimum atomic E-state index is 0.209. The molecular formula is C6H13N3. The third kappa shape index (κ3) is 0.866. The molecule has 0 aromatic carbocycles. The van der Waals surface area contributed by atoms with E-state index in [1.54, 1.807) is 0 Å². The lowest BCUT2D eigenvalue weighted by Gasteiger charge is -2.45. The summed E-state index contributed by atoms with van der Waals surface area (Å²) >= 11 is 0. The van der Waals surface area contributed by atoms with Crippen LogP contribution in [-0.4, -0.2) is 23.4 Å². The SMILES string of the molecule is CC1CN(C(=N)N)C1C. The summed E-state index contributed by atoms with van der Waals surface area (Å²) in [4.78, 5) is 1.89. The van der Waals surface area contributed by atoms with Gasteiger partial charge in [-0.2, -0.15) is 0 Å². The molecule has 0 saturated carbocycles. The monoisotopic (exact) mass is 127 g/mol. The van der Waals surface area contributed by atoms with E-state index in [1.165, 1.54) is 0 Å². The minimum Gasteiger partial charge on any atom is -0.370 e. The van der Waals surface area contributed by atoms with E-state index in [0.717, 1.165) is 6.54 Å². The Balaban J connectivity index is 2.42. The van der Waals surface area contributed by atoms with Crippen molar-refractivity contribution in [3.8, 4) is 0 Å². The molecule has 3 N–H and O–H groups in total. The Labute approximate surface area is 55.3 Å². The molecule has 0 spiro atoms. The summed E-state index contributed by atoms with van der Waals surface area (Å²) in [6.07, 6.45) is 0. The highest BCUT2D eigenvalue weighted by Crippen LogP contribution is 2.22. The Kier molecular flexibility index (Phi) is 1.35. The Morgan fingerprint density at radius 3 is 2.33 bits per heavy atom. The quantitative estimate of drug-likeness (QED) is 0.361. The molecule has 52 valence electrons. The van der Waals surface area contributed by atoms with Crippen molar-refractivity contribution in [2.45, 2.75) is 19.9 Å². The van der Waals surface area contributed by atoms with Crippen LogP contribution in [0.1, 0.15) is 13.8 Å². The second-order valence-corrected chi connectivity index (χ2v) is 2.76. The minimum absolute atomic E-state index is 0.209. The van der Waals surface area contributed by atoms with Crippen LogP contribution in [0, 0.1) is 11.3 Å². The Morgan fingerprint density at radius 2 is 2.22 bits per heavy atom. The van der Waals surface area contributed by atoms with Gasteiger partial charge >= 0.3 is 0 Å². The molecule has 0 radical (unpaired) electrons. The largest absolute Gasteiger partial charge is 0.370 e. The van der Waals surface area contributed by atoms with E-state index < -0.39 is 0 Å². The van der Waals surface area contributed by atoms with Crippen LogP contribution in [0.15, 0.2) is 0 Å². The van der Waals surface area contributed by atoms with E-state index in [-0.39, 0.29) is 5.96 Å². The van der Waals surface area contributed by atoms with Crippen molar-refractivity contribution in [3.63, 3.8) is 0 Å². The first-order valence-corrected chi connectivity index (χ1v) is 3.23. The van der Waals surface area contributed by atoms with Crippen molar-refractivity contribution in [2.24, 2.45) is 11.7 Å². The fraction of sp³-hybridized carbons (Fsp3) is 0.833. The van der Waals surface area contributed by atoms with Gasteiger partial charge in [0, 0.05) is 12.6 Å². The van der Waals surface area contributed by atoms with Gasteiger partial charge in [0.25, 0.3) is 0 Å². The van der Waals surface area contributed by atoms with E-state index in [4.69, 9.17) is 11.1 Å². The first-order chi connectivity index (χ1) is 4.13. The summed E-state index contributed by atoms with van der Waals surface area (Å²) in [6, 6.07) is 0.475. The summed E-state index contributed by atoms with van der Waals surface area (Å²) in [6.45, 7) is 5.22. The number of hydrogen-bond donors (Lipinski definition) is 2. The fourth-order valence-corrected chi connectivity index (χ4v) is 1.12. The topological polar surface area (TPSA) is 53.1 Å². The molecule has 1 rings (SSSR count). The van der Waals surface area contributed by atoms with Gasteiger partial charge in [-0.25, -0.2) is 0 Å². The molecule has 3 heteroatoms. The lowest BCUT2D eigenvalue weighted by atomic mass is 9.93. The first kappa shape index (κ1) is 6.39. The number of nitrogens with one attached hydrogen (secondary N) is 1. The van der Waals surface area contributed by atoms with Gasteiger partial charge in [-0.3, -0.25) is 5.41 Å². The zero-order chi connectivity index (χ0) is 7.02. The average Bonchev–Trinajstić information content (AvgIpc) is 1.81. The Bertz CT molecular complexity index is 132. The zero-order valence-electron chi connectivity index (χ0n) is 5.89. The number of likely N-dealkylation sites (tertiary alicyclic amines) is 1. The van der Waals surface area contributed by atoms with Gasteiger partial charge in [0.15, 0.2) is 5.96 Å². The third-order valence-electron chi connectivity index (χ3n) is 2.11. The molecule has 0 bridgehead atoms. The summed E-state index contributed by atoms with van der Waals surface area (Å²) in [5.41, 5.74) is 5.26. The van der Waals surface area contributed by atoms with Gasteiger partial charge in [-0.15, -0.1) is 0 Å². The average molecular weight is 127 g/mol. The molecule has 0 aromatic heterocycles. The highest BCUT2D eigenvalue weighted by molar-refractivity contribution is 5.75. The number of guanidine groups is 1.